The van der Waals surface area contributed by atoms with Crippen LogP contribution in [-0.4, -0.2) is 53.6 Å². The van der Waals surface area contributed by atoms with Crippen LogP contribution in [0.2, 0.25) is 0 Å². The number of nitrogens with one attached hydrogen (secondary N) is 1. The van der Waals surface area contributed by atoms with Gasteiger partial charge in [-0.3, -0.25) is 9.35 Å². The largest absolute Gasteiger partial charge is 0.393 e. The second-order valence-corrected chi connectivity index (χ2v) is 14.2. The molecule has 1 amide bonds. The Bertz CT molecular complexity index is 863. The summed E-state index contributed by atoms with van der Waals surface area (Å²) in [6, 6.07) is 0. The van der Waals surface area contributed by atoms with Crippen LogP contribution in [0.4, 0.5) is 0 Å². The summed E-state index contributed by atoms with van der Waals surface area (Å²) in [6.45, 7) is 7.05. The van der Waals surface area contributed by atoms with Crippen molar-refractivity contribution in [2.45, 2.75) is 97.2 Å². The first-order valence-electron chi connectivity index (χ1n) is 13.4. The Kier molecular flexibility index (Phi) is 7.47. The van der Waals surface area contributed by atoms with Crippen LogP contribution in [0.15, 0.2) is 0 Å². The normalized spacial score (nSPS) is 45.1. The SMILES string of the molecule is C[C@@H](CCC(=O)NCCS(=O)(=O)O)[C@@H]1CCC2[C@H]3C[C@@H](O)[C@H]4C[C@@H](O)CC[C@@]4(C)[C@@H]3CC[C@]21C. The van der Waals surface area contributed by atoms with Gasteiger partial charge in [0, 0.05) is 13.0 Å². The first-order valence-corrected chi connectivity index (χ1v) is 15.0. The van der Waals surface area contributed by atoms with Crippen molar-refractivity contribution in [2.75, 3.05) is 12.3 Å². The molecule has 0 heterocycles. The van der Waals surface area contributed by atoms with Crippen molar-refractivity contribution in [1.82, 2.24) is 5.32 Å². The van der Waals surface area contributed by atoms with E-state index >= 15 is 0 Å². The van der Waals surface area contributed by atoms with E-state index in [-0.39, 0.29) is 41.4 Å². The van der Waals surface area contributed by atoms with Gasteiger partial charge in [0.05, 0.1) is 18.0 Å². The van der Waals surface area contributed by atoms with Gasteiger partial charge >= 0.3 is 0 Å². The zero-order valence-corrected chi connectivity index (χ0v) is 21.9. The summed E-state index contributed by atoms with van der Waals surface area (Å²) >= 11 is 0. The van der Waals surface area contributed by atoms with Crippen LogP contribution in [-0.2, 0) is 14.9 Å². The lowest BCUT2D eigenvalue weighted by molar-refractivity contribution is -0.172. The fraction of sp³-hybridized carbons (Fsp3) is 0.962. The van der Waals surface area contributed by atoms with Crippen LogP contribution in [0.5, 0.6) is 0 Å². The quantitative estimate of drug-likeness (QED) is 0.398. The molecule has 0 aromatic heterocycles. The highest BCUT2D eigenvalue weighted by Crippen LogP contribution is 2.68. The lowest BCUT2D eigenvalue weighted by Crippen LogP contribution is -2.58. The first-order chi connectivity index (χ1) is 15.8. The van der Waals surface area contributed by atoms with E-state index in [9.17, 15) is 23.4 Å². The third-order valence-electron chi connectivity index (χ3n) is 10.9. The van der Waals surface area contributed by atoms with E-state index in [1.165, 1.54) is 25.7 Å². The highest BCUT2D eigenvalue weighted by atomic mass is 32.2. The lowest BCUT2D eigenvalue weighted by atomic mass is 9.44. The number of aliphatic hydroxyl groups is 2. The Hall–Kier alpha value is -0.700. The maximum Gasteiger partial charge on any atom is 0.266 e. The minimum absolute atomic E-state index is 0.0581. The Morgan fingerprint density at radius 1 is 1.00 bits per heavy atom. The Labute approximate surface area is 205 Å². The average Bonchev–Trinajstić information content (AvgIpc) is 3.10. The van der Waals surface area contributed by atoms with Gasteiger partial charge in [-0.15, -0.1) is 0 Å². The van der Waals surface area contributed by atoms with Crippen LogP contribution in [0.1, 0.15) is 85.0 Å². The zero-order chi connectivity index (χ0) is 24.9. The number of amides is 1. The van der Waals surface area contributed by atoms with E-state index in [1.807, 2.05) is 0 Å². The molecule has 4 N–H and O–H groups in total. The van der Waals surface area contributed by atoms with E-state index in [0.29, 0.717) is 36.0 Å². The zero-order valence-electron chi connectivity index (χ0n) is 21.1. The average molecular weight is 500 g/mol. The molecule has 0 bridgehead atoms. The van der Waals surface area contributed by atoms with Crippen LogP contribution in [0, 0.1) is 46.3 Å². The molecular formula is C26H45NO6S. The minimum atomic E-state index is -4.06. The standard InChI is InChI=1S/C26H45NO6S/c1-16(4-7-24(30)27-12-13-34(31,32)33)19-5-6-20-18-15-23(29)22-14-17(28)8-10-26(22,3)21(18)9-11-25(19,20)2/h16-23,28-29H,4-15H2,1-3H3,(H,27,30)(H,31,32,33)/t16-,17-,18+,19-,20?,21+,22+,23+,25-,26-/m0/s1. The molecule has 4 saturated carbocycles. The van der Waals surface area contributed by atoms with Gasteiger partial charge in [-0.2, -0.15) is 8.42 Å². The number of hydrogen-bond acceptors (Lipinski definition) is 5. The molecule has 4 aliphatic carbocycles. The Morgan fingerprint density at radius 3 is 2.38 bits per heavy atom. The summed E-state index contributed by atoms with van der Waals surface area (Å²) < 4.78 is 30.5. The summed E-state index contributed by atoms with van der Waals surface area (Å²) in [5, 5.41) is 24.0. The number of carbonyl (C=O) groups is 1. The molecule has 4 aliphatic rings. The maximum atomic E-state index is 12.2. The van der Waals surface area contributed by atoms with E-state index in [2.05, 4.69) is 26.1 Å². The molecule has 1 unspecified atom stereocenters. The van der Waals surface area contributed by atoms with Gasteiger partial charge in [-0.05, 0) is 104 Å². The molecule has 0 saturated heterocycles. The van der Waals surface area contributed by atoms with Crippen molar-refractivity contribution in [2.24, 2.45) is 46.3 Å². The predicted octanol–water partition coefficient (Wildman–Crippen LogP) is 3.40. The van der Waals surface area contributed by atoms with E-state index in [0.717, 1.165) is 32.1 Å². The van der Waals surface area contributed by atoms with Crippen molar-refractivity contribution in [1.29, 1.82) is 0 Å². The van der Waals surface area contributed by atoms with Crippen molar-refractivity contribution in [3.63, 3.8) is 0 Å². The molecule has 4 fully saturated rings. The Morgan fingerprint density at radius 2 is 1.68 bits per heavy atom. The lowest BCUT2D eigenvalue weighted by Gasteiger charge is -2.62. The van der Waals surface area contributed by atoms with Gasteiger partial charge in [-0.1, -0.05) is 20.8 Å². The van der Waals surface area contributed by atoms with Gasteiger partial charge in [0.15, 0.2) is 0 Å². The molecule has 0 radical (unpaired) electrons. The molecule has 0 aromatic rings. The van der Waals surface area contributed by atoms with E-state index in [1.54, 1.807) is 0 Å². The molecule has 0 aliphatic heterocycles. The van der Waals surface area contributed by atoms with Crippen LogP contribution in [0.3, 0.4) is 0 Å². The van der Waals surface area contributed by atoms with E-state index < -0.39 is 15.9 Å². The smallest absolute Gasteiger partial charge is 0.266 e. The molecule has 4 rings (SSSR count). The third-order valence-corrected chi connectivity index (χ3v) is 11.6. The van der Waals surface area contributed by atoms with E-state index in [4.69, 9.17) is 4.55 Å². The third kappa shape index (κ3) is 4.94. The molecule has 7 nitrogen and oxygen atoms in total. The summed E-state index contributed by atoms with van der Waals surface area (Å²) in [5.41, 5.74) is 0.367. The second-order valence-electron chi connectivity index (χ2n) is 12.6. The number of rotatable bonds is 7. The fourth-order valence-electron chi connectivity index (χ4n) is 9.22. The van der Waals surface area contributed by atoms with Crippen molar-refractivity contribution in [3.8, 4) is 0 Å². The second kappa shape index (κ2) is 9.64. The number of fused-ring (bicyclic) bond motifs is 5. The molecule has 10 atom stereocenters. The highest BCUT2D eigenvalue weighted by Gasteiger charge is 2.62. The first kappa shape index (κ1) is 26.4. The van der Waals surface area contributed by atoms with Crippen LogP contribution < -0.4 is 5.32 Å². The van der Waals surface area contributed by atoms with Crippen molar-refractivity contribution in [3.05, 3.63) is 0 Å². The van der Waals surface area contributed by atoms with Gasteiger partial charge in [-0.25, -0.2) is 0 Å². The fourth-order valence-corrected chi connectivity index (χ4v) is 9.58. The number of hydrogen-bond donors (Lipinski definition) is 4. The van der Waals surface area contributed by atoms with Gasteiger partial charge in [0.25, 0.3) is 10.1 Å². The van der Waals surface area contributed by atoms with Crippen molar-refractivity contribution < 1.29 is 28.0 Å². The Balaban J connectivity index is 1.38. The monoisotopic (exact) mass is 499 g/mol. The summed E-state index contributed by atoms with van der Waals surface area (Å²) in [6.07, 6.45) is 8.84. The topological polar surface area (TPSA) is 124 Å². The molecule has 0 aromatic carbocycles. The molecule has 0 spiro atoms. The van der Waals surface area contributed by atoms with Crippen molar-refractivity contribution >= 4 is 16.0 Å². The van der Waals surface area contributed by atoms with Gasteiger partial charge in [0.2, 0.25) is 5.91 Å². The van der Waals surface area contributed by atoms with Gasteiger partial charge < -0.3 is 15.5 Å². The number of aliphatic hydroxyl groups excluding tert-OH is 2. The molecular weight excluding hydrogens is 454 g/mol. The van der Waals surface area contributed by atoms with Crippen LogP contribution in [0.25, 0.3) is 0 Å². The molecule has 34 heavy (non-hydrogen) atoms. The minimum Gasteiger partial charge on any atom is -0.393 e. The van der Waals surface area contributed by atoms with Gasteiger partial charge in [0.1, 0.15) is 0 Å². The predicted molar refractivity (Wildman–Crippen MR) is 130 cm³/mol. The number of carbonyl (C=O) groups excluding carboxylic acids is 1. The summed E-state index contributed by atoms with van der Waals surface area (Å²) in [7, 11) is -4.06. The molecule has 196 valence electrons. The molecule has 8 heteroatoms. The summed E-state index contributed by atoms with van der Waals surface area (Å²) in [4.78, 5) is 12.2. The summed E-state index contributed by atoms with van der Waals surface area (Å²) in [5.74, 6) is 2.36. The maximum absolute atomic E-state index is 12.2. The highest BCUT2D eigenvalue weighted by molar-refractivity contribution is 7.85. The van der Waals surface area contributed by atoms with Crippen LogP contribution >= 0.6 is 0 Å².